The zero-order valence-corrected chi connectivity index (χ0v) is 25.9. The highest BCUT2D eigenvalue weighted by Crippen LogP contribution is 2.38. The molecule has 2 saturated heterocycles. The summed E-state index contributed by atoms with van der Waals surface area (Å²) in [6.07, 6.45) is 4.03. The first kappa shape index (κ1) is 28.9. The number of para-hydroxylation sites is 1. The summed E-state index contributed by atoms with van der Waals surface area (Å²) in [4.78, 5) is 15.3. The fourth-order valence-corrected chi connectivity index (χ4v) is 8.41. The number of amides is 1. The Hall–Kier alpha value is -3.15. The second kappa shape index (κ2) is 11.9. The number of carbonyl (C=O) groups is 1. The predicted molar refractivity (Wildman–Crippen MR) is 172 cm³/mol. The number of hydrogen-bond donors (Lipinski definition) is 0. The van der Waals surface area contributed by atoms with Crippen LogP contribution in [-0.4, -0.2) is 50.9 Å². The van der Waals surface area contributed by atoms with Crippen molar-refractivity contribution in [2.75, 3.05) is 11.5 Å². The third-order valence-corrected chi connectivity index (χ3v) is 10.7. The van der Waals surface area contributed by atoms with E-state index in [9.17, 15) is 13.2 Å². The number of carbonyl (C=O) groups excluding carboxylic acids is 1. The molecule has 214 valence electrons. The number of halogens is 2. The molecule has 2 aliphatic heterocycles. The maximum absolute atomic E-state index is 13.4. The van der Waals surface area contributed by atoms with E-state index in [2.05, 4.69) is 0 Å². The quantitative estimate of drug-likeness (QED) is 0.160. The van der Waals surface area contributed by atoms with Gasteiger partial charge in [-0.2, -0.15) is 5.10 Å². The van der Waals surface area contributed by atoms with E-state index in [1.54, 1.807) is 22.9 Å². The first-order valence-corrected chi connectivity index (χ1v) is 16.8. The Morgan fingerprint density at radius 2 is 1.83 bits per heavy atom. The van der Waals surface area contributed by atoms with Crippen LogP contribution in [0.15, 0.2) is 83.9 Å². The van der Waals surface area contributed by atoms with Crippen molar-refractivity contribution in [2.24, 2.45) is 0 Å². The molecule has 0 aliphatic carbocycles. The van der Waals surface area contributed by atoms with Crippen molar-refractivity contribution in [3.63, 3.8) is 0 Å². The summed E-state index contributed by atoms with van der Waals surface area (Å²) in [5.41, 5.74) is 3.90. The topological polar surface area (TPSA) is 81.5 Å². The summed E-state index contributed by atoms with van der Waals surface area (Å²) in [5, 5.41) is 5.95. The molecular formula is C30H23Cl2N3O4S3. The first-order valence-electron chi connectivity index (χ1n) is 13.0. The Kier molecular flexibility index (Phi) is 8.17. The molecule has 2 fully saturated rings. The number of sulfone groups is 1. The monoisotopic (exact) mass is 655 g/mol. The highest BCUT2D eigenvalue weighted by molar-refractivity contribution is 8.26. The van der Waals surface area contributed by atoms with Crippen molar-refractivity contribution >= 4 is 73.3 Å². The van der Waals surface area contributed by atoms with E-state index in [4.69, 9.17) is 45.3 Å². The van der Waals surface area contributed by atoms with Gasteiger partial charge in [0.2, 0.25) is 0 Å². The van der Waals surface area contributed by atoms with Crippen LogP contribution in [-0.2, 0) is 21.2 Å². The third kappa shape index (κ3) is 6.14. The fraction of sp³-hybridized carbons (Fsp3) is 0.167. The highest BCUT2D eigenvalue weighted by Gasteiger charge is 2.42. The average Bonchev–Trinajstić information content (AvgIpc) is 3.63. The van der Waals surface area contributed by atoms with Crippen molar-refractivity contribution < 1.29 is 17.9 Å². The molecule has 1 atom stereocenters. The highest BCUT2D eigenvalue weighted by atomic mass is 35.5. The summed E-state index contributed by atoms with van der Waals surface area (Å²) >= 11 is 18.9. The lowest BCUT2D eigenvalue weighted by molar-refractivity contribution is -0.123. The number of thiocarbonyl (C=S) groups is 1. The van der Waals surface area contributed by atoms with E-state index in [-0.39, 0.29) is 24.0 Å². The number of hydrogen-bond acceptors (Lipinski definition) is 7. The van der Waals surface area contributed by atoms with Crippen LogP contribution in [0.1, 0.15) is 17.5 Å². The van der Waals surface area contributed by atoms with Crippen molar-refractivity contribution in [3.8, 4) is 22.7 Å². The van der Waals surface area contributed by atoms with Gasteiger partial charge in [-0.05, 0) is 61.0 Å². The fourth-order valence-electron chi connectivity index (χ4n) is 4.85. The smallest absolute Gasteiger partial charge is 0.266 e. The molecule has 0 spiro atoms. The number of thioether (sulfide) groups is 1. The number of rotatable bonds is 7. The maximum Gasteiger partial charge on any atom is 0.266 e. The van der Waals surface area contributed by atoms with Crippen molar-refractivity contribution in [1.82, 2.24) is 14.7 Å². The molecule has 0 N–H and O–H groups in total. The van der Waals surface area contributed by atoms with Crippen LogP contribution in [0.4, 0.5) is 0 Å². The molecule has 1 aromatic heterocycles. The minimum Gasteiger partial charge on any atom is -0.489 e. The van der Waals surface area contributed by atoms with Gasteiger partial charge in [-0.25, -0.2) is 13.1 Å². The zero-order valence-electron chi connectivity index (χ0n) is 21.9. The molecule has 0 radical (unpaired) electrons. The van der Waals surface area contributed by atoms with Crippen LogP contribution >= 0.6 is 47.2 Å². The summed E-state index contributed by atoms with van der Waals surface area (Å²) in [6, 6.07) is 22.0. The second-order valence-electron chi connectivity index (χ2n) is 9.87. The van der Waals surface area contributed by atoms with E-state index in [0.717, 1.165) is 22.4 Å². The minimum absolute atomic E-state index is 0.0637. The Labute approximate surface area is 263 Å². The normalized spacial score (nSPS) is 19.1. The van der Waals surface area contributed by atoms with E-state index in [0.29, 0.717) is 37.1 Å². The van der Waals surface area contributed by atoms with Gasteiger partial charge in [-0.1, -0.05) is 71.4 Å². The Morgan fingerprint density at radius 1 is 1.07 bits per heavy atom. The zero-order chi connectivity index (χ0) is 29.4. The molecule has 0 saturated carbocycles. The van der Waals surface area contributed by atoms with Crippen LogP contribution in [0.3, 0.4) is 0 Å². The van der Waals surface area contributed by atoms with Gasteiger partial charge in [-0.3, -0.25) is 9.69 Å². The third-order valence-electron chi connectivity index (χ3n) is 6.98. The van der Waals surface area contributed by atoms with Crippen molar-refractivity contribution in [3.05, 3.63) is 105 Å². The van der Waals surface area contributed by atoms with Gasteiger partial charge in [0, 0.05) is 32.9 Å². The number of nitrogens with zero attached hydrogens (tertiary/aromatic N) is 3. The average molecular weight is 657 g/mol. The molecule has 4 aromatic rings. The van der Waals surface area contributed by atoms with E-state index in [1.165, 1.54) is 16.7 Å². The number of aromatic nitrogens is 2. The summed E-state index contributed by atoms with van der Waals surface area (Å²) < 4.78 is 32.2. The molecule has 3 heterocycles. The molecule has 0 bridgehead atoms. The lowest BCUT2D eigenvalue weighted by atomic mass is 10.1. The van der Waals surface area contributed by atoms with Gasteiger partial charge in [0.1, 0.15) is 16.7 Å². The Balaban J connectivity index is 1.29. The molecule has 3 aromatic carbocycles. The summed E-state index contributed by atoms with van der Waals surface area (Å²) in [7, 11) is -3.17. The second-order valence-corrected chi connectivity index (χ2v) is 14.6. The molecule has 42 heavy (non-hydrogen) atoms. The van der Waals surface area contributed by atoms with E-state index >= 15 is 0 Å². The number of benzene rings is 3. The van der Waals surface area contributed by atoms with Crippen molar-refractivity contribution in [1.29, 1.82) is 0 Å². The predicted octanol–water partition coefficient (Wildman–Crippen LogP) is 6.81. The first-order chi connectivity index (χ1) is 20.2. The lowest BCUT2D eigenvalue weighted by Gasteiger charge is -2.20. The van der Waals surface area contributed by atoms with E-state index in [1.807, 2.05) is 66.9 Å². The molecule has 12 heteroatoms. The molecule has 1 unspecified atom stereocenters. The van der Waals surface area contributed by atoms with Gasteiger partial charge in [-0.15, -0.1) is 0 Å². The minimum atomic E-state index is -3.17. The molecule has 2 aliphatic rings. The molecule has 7 nitrogen and oxygen atoms in total. The van der Waals surface area contributed by atoms with Gasteiger partial charge in [0.05, 0.1) is 33.8 Å². The Morgan fingerprint density at radius 3 is 2.52 bits per heavy atom. The van der Waals surface area contributed by atoms with Crippen LogP contribution in [0, 0.1) is 0 Å². The van der Waals surface area contributed by atoms with Gasteiger partial charge < -0.3 is 4.74 Å². The lowest BCUT2D eigenvalue weighted by Crippen LogP contribution is -2.39. The standard InChI is InChI=1S/C30H23Cl2N3O4S3/c31-22-9-6-20(26(32)15-22)17-39-25-10-7-19(8-11-25)28-21(16-34(33-28)23-4-2-1-3-5-23)14-27-29(36)35(30(40)41-27)24-12-13-42(37,38)18-24/h1-11,14-16,24H,12-13,17-18H2/b27-14-. The largest absolute Gasteiger partial charge is 0.489 e. The van der Waals surface area contributed by atoms with Crippen molar-refractivity contribution in [2.45, 2.75) is 19.1 Å². The van der Waals surface area contributed by atoms with Gasteiger partial charge in [0.25, 0.3) is 5.91 Å². The van der Waals surface area contributed by atoms with Gasteiger partial charge >= 0.3 is 0 Å². The van der Waals surface area contributed by atoms with Crippen LogP contribution in [0.25, 0.3) is 23.0 Å². The van der Waals surface area contributed by atoms with Crippen LogP contribution < -0.4 is 4.74 Å². The van der Waals surface area contributed by atoms with Crippen LogP contribution in [0.2, 0.25) is 10.0 Å². The maximum atomic E-state index is 13.4. The van der Waals surface area contributed by atoms with E-state index < -0.39 is 15.9 Å². The number of ether oxygens (including phenoxy) is 1. The summed E-state index contributed by atoms with van der Waals surface area (Å²) in [6.45, 7) is 0.285. The van der Waals surface area contributed by atoms with Gasteiger partial charge in [0.15, 0.2) is 9.84 Å². The Bertz CT molecular complexity index is 1820. The molecular weight excluding hydrogens is 633 g/mol. The SMILES string of the molecule is O=C1/C(=C/c2cn(-c3ccccc3)nc2-c2ccc(OCc3ccc(Cl)cc3Cl)cc2)SC(=S)N1C1CCS(=O)(=O)C1. The van der Waals surface area contributed by atoms with Crippen LogP contribution in [0.5, 0.6) is 5.75 Å². The molecule has 1 amide bonds. The molecule has 6 rings (SSSR count). The summed E-state index contributed by atoms with van der Waals surface area (Å²) in [5.74, 6) is 0.368.